The van der Waals surface area contributed by atoms with Crippen LogP contribution in [0.25, 0.3) is 0 Å². The Hall–Kier alpha value is -2.46. The first-order chi connectivity index (χ1) is 12.2. The van der Waals surface area contributed by atoms with E-state index in [-0.39, 0.29) is 0 Å². The van der Waals surface area contributed by atoms with Gasteiger partial charge in [0.2, 0.25) is 0 Å². The summed E-state index contributed by atoms with van der Waals surface area (Å²) in [5, 5.41) is 0. The molecule has 25 heavy (non-hydrogen) atoms. The zero-order chi connectivity index (χ0) is 18.1. The Morgan fingerprint density at radius 3 is 2.48 bits per heavy atom. The number of hydrogen-bond acceptors (Lipinski definition) is 3. The molecule has 1 unspecified atom stereocenters. The first-order valence-corrected chi connectivity index (χ1v) is 8.51. The molecule has 2 aromatic rings. The van der Waals surface area contributed by atoms with Crippen molar-refractivity contribution in [2.24, 2.45) is 0 Å². The molecule has 2 aromatic carbocycles. The van der Waals surface area contributed by atoms with Crippen LogP contribution in [0.15, 0.2) is 55.1 Å². The Kier molecular flexibility index (Phi) is 7.36. The second-order valence-corrected chi connectivity index (χ2v) is 6.03. The van der Waals surface area contributed by atoms with E-state index in [9.17, 15) is 0 Å². The van der Waals surface area contributed by atoms with Crippen molar-refractivity contribution in [3.8, 4) is 17.2 Å². The van der Waals surface area contributed by atoms with Crippen LogP contribution in [0, 0.1) is 0 Å². The van der Waals surface area contributed by atoms with Crippen molar-refractivity contribution < 1.29 is 19.1 Å². The van der Waals surface area contributed by atoms with Gasteiger partial charge in [-0.2, -0.15) is 0 Å². The van der Waals surface area contributed by atoms with Crippen molar-refractivity contribution in [2.75, 3.05) is 34.4 Å². The quantitative estimate of drug-likeness (QED) is 0.674. The fourth-order valence-electron chi connectivity index (χ4n) is 2.75. The number of rotatable bonds is 10. The Balaban J connectivity index is 1.95. The van der Waals surface area contributed by atoms with Gasteiger partial charge in [-0.05, 0) is 29.8 Å². The minimum absolute atomic E-state index is 0.529. The van der Waals surface area contributed by atoms with Crippen LogP contribution in [0.2, 0.25) is 0 Å². The molecule has 0 heterocycles. The lowest BCUT2D eigenvalue weighted by Gasteiger charge is -2.17. The van der Waals surface area contributed by atoms with Gasteiger partial charge in [0, 0.05) is 12.0 Å². The molecule has 0 aliphatic heterocycles. The van der Waals surface area contributed by atoms with Crippen LogP contribution >= 0.6 is 0 Å². The second kappa shape index (κ2) is 9.74. The molecule has 4 nitrogen and oxygen atoms in total. The standard InChI is InChI=1S/C21H27NO3/c1-5-14-25-19-9-7-6-8-18(19)16-22(2)13-12-17-10-11-20(23-3)21(15-17)24-4/h5-11,15H,1,12-14,16H2,2-4H3/p+1. The maximum absolute atomic E-state index is 5.74. The SMILES string of the molecule is C=CCOc1ccccc1C[NH+](C)CCc1ccc(OC)c(OC)c1. The maximum atomic E-state index is 5.74. The minimum Gasteiger partial charge on any atom is -0.493 e. The lowest BCUT2D eigenvalue weighted by molar-refractivity contribution is -0.893. The Morgan fingerprint density at radius 2 is 1.76 bits per heavy atom. The van der Waals surface area contributed by atoms with Crippen molar-refractivity contribution in [3.05, 3.63) is 66.2 Å². The van der Waals surface area contributed by atoms with E-state index < -0.39 is 0 Å². The van der Waals surface area contributed by atoms with Crippen LogP contribution in [0.4, 0.5) is 0 Å². The van der Waals surface area contributed by atoms with E-state index in [1.165, 1.54) is 16.0 Å². The smallest absolute Gasteiger partial charge is 0.160 e. The van der Waals surface area contributed by atoms with Gasteiger partial charge in [0.05, 0.1) is 27.8 Å². The third-order valence-electron chi connectivity index (χ3n) is 4.11. The van der Waals surface area contributed by atoms with E-state index in [1.807, 2.05) is 24.3 Å². The molecule has 0 amide bonds. The maximum Gasteiger partial charge on any atom is 0.160 e. The van der Waals surface area contributed by atoms with Crippen LogP contribution in [-0.4, -0.2) is 34.4 Å². The molecule has 0 radical (unpaired) electrons. The third-order valence-corrected chi connectivity index (χ3v) is 4.11. The van der Waals surface area contributed by atoms with Gasteiger partial charge in [0.15, 0.2) is 11.5 Å². The van der Waals surface area contributed by atoms with E-state index in [4.69, 9.17) is 14.2 Å². The number of nitrogens with one attached hydrogen (secondary N) is 1. The number of hydrogen-bond donors (Lipinski definition) is 1. The summed E-state index contributed by atoms with van der Waals surface area (Å²) in [5.74, 6) is 2.48. The second-order valence-electron chi connectivity index (χ2n) is 6.03. The fraction of sp³-hybridized carbons (Fsp3) is 0.333. The summed E-state index contributed by atoms with van der Waals surface area (Å²) >= 11 is 0. The van der Waals surface area contributed by atoms with Gasteiger partial charge in [-0.25, -0.2) is 0 Å². The van der Waals surface area contributed by atoms with Crippen LogP contribution in [0.3, 0.4) is 0 Å². The number of quaternary nitrogens is 1. The van der Waals surface area contributed by atoms with E-state index in [2.05, 4.69) is 31.8 Å². The summed E-state index contributed by atoms with van der Waals surface area (Å²) in [4.78, 5) is 1.42. The van der Waals surface area contributed by atoms with Gasteiger partial charge in [0.25, 0.3) is 0 Å². The number of likely N-dealkylation sites (N-methyl/N-ethyl adjacent to an activating group) is 1. The molecular formula is C21H28NO3+. The molecule has 0 aromatic heterocycles. The van der Waals surface area contributed by atoms with Crippen LogP contribution in [0.5, 0.6) is 17.2 Å². The predicted octanol–water partition coefficient (Wildman–Crippen LogP) is 2.53. The van der Waals surface area contributed by atoms with Crippen molar-refractivity contribution >= 4 is 0 Å². The molecule has 1 N–H and O–H groups in total. The molecule has 134 valence electrons. The summed E-state index contributed by atoms with van der Waals surface area (Å²) in [7, 11) is 5.52. The molecule has 0 saturated carbocycles. The average Bonchev–Trinajstić information content (AvgIpc) is 2.65. The highest BCUT2D eigenvalue weighted by atomic mass is 16.5. The molecule has 2 rings (SSSR count). The van der Waals surface area contributed by atoms with Gasteiger partial charge in [-0.1, -0.05) is 30.9 Å². The summed E-state index contributed by atoms with van der Waals surface area (Å²) in [6.45, 7) is 6.17. The molecule has 0 bridgehead atoms. The number of methoxy groups -OCH3 is 2. The van der Waals surface area contributed by atoms with Gasteiger partial charge < -0.3 is 19.1 Å². The van der Waals surface area contributed by atoms with Crippen LogP contribution in [-0.2, 0) is 13.0 Å². The lowest BCUT2D eigenvalue weighted by Crippen LogP contribution is -3.07. The highest BCUT2D eigenvalue weighted by Gasteiger charge is 2.10. The molecule has 0 aliphatic rings. The van der Waals surface area contributed by atoms with Gasteiger partial charge in [0.1, 0.15) is 18.9 Å². The third kappa shape index (κ3) is 5.54. The molecule has 1 atom stereocenters. The lowest BCUT2D eigenvalue weighted by atomic mass is 10.1. The van der Waals surface area contributed by atoms with E-state index in [0.717, 1.165) is 36.8 Å². The van der Waals surface area contributed by atoms with Crippen molar-refractivity contribution in [3.63, 3.8) is 0 Å². The monoisotopic (exact) mass is 342 g/mol. The predicted molar refractivity (Wildman–Crippen MR) is 101 cm³/mol. The Morgan fingerprint density at radius 1 is 1.00 bits per heavy atom. The first kappa shape index (κ1) is 18.9. The van der Waals surface area contributed by atoms with E-state index >= 15 is 0 Å². The Bertz CT molecular complexity index is 685. The number of ether oxygens (including phenoxy) is 3. The molecule has 0 fully saturated rings. The molecular weight excluding hydrogens is 314 g/mol. The highest BCUT2D eigenvalue weighted by molar-refractivity contribution is 5.42. The largest absolute Gasteiger partial charge is 0.493 e. The zero-order valence-corrected chi connectivity index (χ0v) is 15.4. The molecule has 0 aliphatic carbocycles. The highest BCUT2D eigenvalue weighted by Crippen LogP contribution is 2.27. The molecule has 4 heteroatoms. The number of benzene rings is 2. The minimum atomic E-state index is 0.529. The molecule has 0 spiro atoms. The van der Waals surface area contributed by atoms with Gasteiger partial charge >= 0.3 is 0 Å². The summed E-state index contributed by atoms with van der Waals surface area (Å²) in [6.07, 6.45) is 2.74. The zero-order valence-electron chi connectivity index (χ0n) is 15.4. The van der Waals surface area contributed by atoms with Crippen LogP contribution < -0.4 is 19.1 Å². The topological polar surface area (TPSA) is 32.1 Å². The van der Waals surface area contributed by atoms with Crippen molar-refractivity contribution in [1.82, 2.24) is 0 Å². The summed E-state index contributed by atoms with van der Waals surface area (Å²) in [6, 6.07) is 14.3. The Labute approximate surface area is 150 Å². The van der Waals surface area contributed by atoms with Crippen molar-refractivity contribution in [1.29, 1.82) is 0 Å². The summed E-state index contributed by atoms with van der Waals surface area (Å²) < 4.78 is 16.4. The fourth-order valence-corrected chi connectivity index (χ4v) is 2.75. The van der Waals surface area contributed by atoms with Crippen LogP contribution in [0.1, 0.15) is 11.1 Å². The van der Waals surface area contributed by atoms with Gasteiger partial charge in [-0.3, -0.25) is 0 Å². The summed E-state index contributed by atoms with van der Waals surface area (Å²) in [5.41, 5.74) is 2.46. The number of para-hydroxylation sites is 1. The average molecular weight is 342 g/mol. The normalized spacial score (nSPS) is 11.6. The molecule has 0 saturated heterocycles. The van der Waals surface area contributed by atoms with Crippen molar-refractivity contribution in [2.45, 2.75) is 13.0 Å². The van der Waals surface area contributed by atoms with E-state index in [1.54, 1.807) is 20.3 Å². The first-order valence-electron chi connectivity index (χ1n) is 8.51. The van der Waals surface area contributed by atoms with Gasteiger partial charge in [-0.15, -0.1) is 0 Å². The van der Waals surface area contributed by atoms with E-state index in [0.29, 0.717) is 6.61 Å².